The number of fused-ring (bicyclic) bond motifs is 1. The lowest BCUT2D eigenvalue weighted by Gasteiger charge is -2.13. The van der Waals surface area contributed by atoms with Crippen molar-refractivity contribution in [2.45, 2.75) is 12.5 Å². The molecule has 0 N–H and O–H groups in total. The number of hydrogen-bond donors (Lipinski definition) is 0. The molecule has 1 aliphatic rings. The summed E-state index contributed by atoms with van der Waals surface area (Å²) in [6.07, 6.45) is 3.28. The quantitative estimate of drug-likeness (QED) is 0.680. The molecule has 0 aromatic heterocycles. The summed E-state index contributed by atoms with van der Waals surface area (Å²) in [5.74, 6) is 0. The van der Waals surface area contributed by atoms with Crippen molar-refractivity contribution < 1.29 is 0 Å². The van der Waals surface area contributed by atoms with Crippen LogP contribution in [0.15, 0.2) is 59.6 Å². The molecule has 0 aliphatic carbocycles. The van der Waals surface area contributed by atoms with E-state index in [0.717, 1.165) is 11.8 Å². The van der Waals surface area contributed by atoms with Gasteiger partial charge in [-0.3, -0.25) is 4.99 Å². The fraction of sp³-hybridized carbons (Fsp3) is 0.133. The number of nitrogens with zero attached hydrogens (tertiary/aromatic N) is 1. The molecule has 16 heavy (non-hydrogen) atoms. The third-order valence-electron chi connectivity index (χ3n) is 2.98. The number of benzene rings is 2. The van der Waals surface area contributed by atoms with Crippen LogP contribution in [0.3, 0.4) is 0 Å². The van der Waals surface area contributed by atoms with Gasteiger partial charge in [0.2, 0.25) is 0 Å². The van der Waals surface area contributed by atoms with E-state index >= 15 is 0 Å². The van der Waals surface area contributed by atoms with Crippen molar-refractivity contribution in [1.82, 2.24) is 0 Å². The second-order valence-corrected chi connectivity index (χ2v) is 4.05. The summed E-state index contributed by atoms with van der Waals surface area (Å²) in [6, 6.07) is 19.1. The van der Waals surface area contributed by atoms with Crippen LogP contribution in [-0.4, -0.2) is 0 Å². The van der Waals surface area contributed by atoms with Crippen LogP contribution >= 0.6 is 0 Å². The number of rotatable bonds is 1. The molecule has 1 heterocycles. The smallest absolute Gasteiger partial charge is 0.0791 e. The molecular weight excluding hydrogens is 194 g/mol. The van der Waals surface area contributed by atoms with Gasteiger partial charge in [0.25, 0.3) is 0 Å². The highest BCUT2D eigenvalue weighted by molar-refractivity contribution is 5.31. The molecule has 2 aromatic carbocycles. The average Bonchev–Trinajstić information content (AvgIpc) is 2.39. The van der Waals surface area contributed by atoms with Gasteiger partial charge in [-0.05, 0) is 23.3 Å². The van der Waals surface area contributed by atoms with Crippen molar-refractivity contribution in [1.29, 1.82) is 0 Å². The zero-order valence-electron chi connectivity index (χ0n) is 9.01. The van der Waals surface area contributed by atoms with E-state index < -0.39 is 0 Å². The summed E-state index contributed by atoms with van der Waals surface area (Å²) >= 11 is 0. The Balaban J connectivity index is 2.08. The van der Waals surface area contributed by atoms with Crippen LogP contribution in [0.5, 0.6) is 0 Å². The maximum absolute atomic E-state index is 4.78. The minimum absolute atomic E-state index is 0.288. The molecule has 0 saturated carbocycles. The Labute approximate surface area is 94.8 Å². The maximum atomic E-state index is 4.78. The summed E-state index contributed by atoms with van der Waals surface area (Å²) in [7, 11) is 0. The molecule has 0 radical (unpaired) electrons. The molecule has 78 valence electrons. The molecule has 3 rings (SSSR count). The van der Waals surface area contributed by atoms with Crippen LogP contribution in [0.25, 0.3) is 6.08 Å². The summed E-state index contributed by atoms with van der Waals surface area (Å²) < 4.78 is 0. The molecule has 0 unspecified atom stereocenters. The van der Waals surface area contributed by atoms with Crippen molar-refractivity contribution in [2.75, 3.05) is 0 Å². The second kappa shape index (κ2) is 3.93. The Morgan fingerprint density at radius 3 is 2.50 bits per heavy atom. The van der Waals surface area contributed by atoms with Crippen LogP contribution in [0.4, 0.5) is 0 Å². The molecule has 0 amide bonds. The largest absolute Gasteiger partial charge is 0.276 e. The number of hydrogen-bond acceptors (Lipinski definition) is 1. The first kappa shape index (κ1) is 9.34. The SMILES string of the molecule is C1=c2ccccc2=N[C@@H](c2ccccc2)C1. The van der Waals surface area contributed by atoms with Gasteiger partial charge in [-0.1, -0.05) is 54.6 Å². The first-order valence-electron chi connectivity index (χ1n) is 5.61. The Morgan fingerprint density at radius 1 is 0.875 bits per heavy atom. The highest BCUT2D eigenvalue weighted by atomic mass is 14.8. The van der Waals surface area contributed by atoms with Gasteiger partial charge >= 0.3 is 0 Å². The predicted octanol–water partition coefficient (Wildman–Crippen LogP) is 2.23. The van der Waals surface area contributed by atoms with Gasteiger partial charge in [0, 0.05) is 0 Å². The lowest BCUT2D eigenvalue weighted by molar-refractivity contribution is 0.722. The van der Waals surface area contributed by atoms with Crippen molar-refractivity contribution in [3.05, 3.63) is 70.7 Å². The van der Waals surface area contributed by atoms with Gasteiger partial charge in [-0.15, -0.1) is 0 Å². The van der Waals surface area contributed by atoms with E-state index in [1.807, 2.05) is 12.1 Å². The molecule has 1 heteroatoms. The molecule has 1 aliphatic heterocycles. The van der Waals surface area contributed by atoms with Gasteiger partial charge in [-0.25, -0.2) is 0 Å². The minimum Gasteiger partial charge on any atom is -0.276 e. The van der Waals surface area contributed by atoms with Crippen LogP contribution in [0.1, 0.15) is 18.0 Å². The van der Waals surface area contributed by atoms with Crippen molar-refractivity contribution >= 4 is 6.08 Å². The fourth-order valence-corrected chi connectivity index (χ4v) is 2.12. The van der Waals surface area contributed by atoms with Crippen LogP contribution in [-0.2, 0) is 0 Å². The summed E-state index contributed by atoms with van der Waals surface area (Å²) in [5.41, 5.74) is 1.30. The topological polar surface area (TPSA) is 12.4 Å². The van der Waals surface area contributed by atoms with Crippen molar-refractivity contribution in [2.24, 2.45) is 4.99 Å². The third-order valence-corrected chi connectivity index (χ3v) is 2.98. The monoisotopic (exact) mass is 207 g/mol. The van der Waals surface area contributed by atoms with Crippen LogP contribution in [0, 0.1) is 0 Å². The molecule has 0 spiro atoms. The second-order valence-electron chi connectivity index (χ2n) is 4.05. The lowest BCUT2D eigenvalue weighted by Crippen LogP contribution is -2.28. The third kappa shape index (κ3) is 1.65. The Bertz CT molecular complexity index is 599. The molecule has 2 aromatic rings. The van der Waals surface area contributed by atoms with E-state index in [1.165, 1.54) is 10.8 Å². The molecule has 0 fully saturated rings. The van der Waals surface area contributed by atoms with E-state index in [9.17, 15) is 0 Å². The molecule has 0 bridgehead atoms. The summed E-state index contributed by atoms with van der Waals surface area (Å²) in [5, 5.41) is 2.37. The first-order chi connectivity index (χ1) is 7.93. The fourth-order valence-electron chi connectivity index (χ4n) is 2.12. The summed E-state index contributed by atoms with van der Waals surface area (Å²) in [6.45, 7) is 0. The zero-order valence-corrected chi connectivity index (χ0v) is 9.01. The van der Waals surface area contributed by atoms with E-state index in [2.05, 4.69) is 48.5 Å². The number of para-hydroxylation sites is 1. The zero-order chi connectivity index (χ0) is 10.8. The Hall–Kier alpha value is -1.89. The summed E-state index contributed by atoms with van der Waals surface area (Å²) in [4.78, 5) is 4.78. The predicted molar refractivity (Wildman–Crippen MR) is 65.5 cm³/mol. The highest BCUT2D eigenvalue weighted by Gasteiger charge is 2.09. The minimum atomic E-state index is 0.288. The van der Waals surface area contributed by atoms with Crippen LogP contribution in [0.2, 0.25) is 0 Å². The van der Waals surface area contributed by atoms with E-state index in [1.54, 1.807) is 0 Å². The van der Waals surface area contributed by atoms with Gasteiger partial charge in [-0.2, -0.15) is 0 Å². The molecule has 0 saturated heterocycles. The van der Waals surface area contributed by atoms with Gasteiger partial charge in [0.15, 0.2) is 0 Å². The molecular formula is C15H13N. The van der Waals surface area contributed by atoms with Crippen molar-refractivity contribution in [3.8, 4) is 0 Å². The first-order valence-corrected chi connectivity index (χ1v) is 5.61. The Morgan fingerprint density at radius 2 is 1.62 bits per heavy atom. The Kier molecular flexibility index (Phi) is 2.30. The average molecular weight is 207 g/mol. The van der Waals surface area contributed by atoms with E-state index in [-0.39, 0.29) is 6.04 Å². The van der Waals surface area contributed by atoms with Gasteiger partial charge < -0.3 is 0 Å². The molecule has 1 nitrogen and oxygen atoms in total. The highest BCUT2D eigenvalue weighted by Crippen LogP contribution is 2.21. The normalized spacial score (nSPS) is 18.1. The maximum Gasteiger partial charge on any atom is 0.0791 e. The standard InChI is InChI=1S/C15H13N/c1-2-6-12(7-3-1)15-11-10-13-8-4-5-9-14(13)16-15/h1-10,15H,11H2/t15-/m1/s1. The van der Waals surface area contributed by atoms with E-state index in [0.29, 0.717) is 0 Å². The van der Waals surface area contributed by atoms with Crippen molar-refractivity contribution in [3.63, 3.8) is 0 Å². The van der Waals surface area contributed by atoms with Gasteiger partial charge in [0.1, 0.15) is 0 Å². The van der Waals surface area contributed by atoms with E-state index in [4.69, 9.17) is 4.99 Å². The van der Waals surface area contributed by atoms with Gasteiger partial charge in [0.05, 0.1) is 11.4 Å². The lowest BCUT2D eigenvalue weighted by atomic mass is 10.0. The molecule has 1 atom stereocenters. The van der Waals surface area contributed by atoms with Crippen LogP contribution < -0.4 is 10.6 Å².